The van der Waals surface area contributed by atoms with Gasteiger partial charge < -0.3 is 15.4 Å². The Morgan fingerprint density at radius 1 is 1.44 bits per heavy atom. The van der Waals surface area contributed by atoms with Crippen molar-refractivity contribution in [1.82, 2.24) is 4.90 Å². The third-order valence-electron chi connectivity index (χ3n) is 2.57. The lowest BCUT2D eigenvalue weighted by Crippen LogP contribution is -2.35. The smallest absolute Gasteiger partial charge is 0.314 e. The first-order valence-corrected chi connectivity index (χ1v) is 5.49. The highest BCUT2D eigenvalue weighted by Gasteiger charge is 2.25. The first kappa shape index (κ1) is 11.1. The number of carbonyl (C=O) groups is 1. The molecule has 0 spiro atoms. The van der Waals surface area contributed by atoms with E-state index in [-0.39, 0.29) is 12.1 Å². The second kappa shape index (κ2) is 4.61. The number of hydrogen-bond donors (Lipinski definition) is 1. The van der Waals surface area contributed by atoms with E-state index >= 15 is 0 Å². The van der Waals surface area contributed by atoms with Gasteiger partial charge in [0, 0.05) is 18.0 Å². The Bertz CT molecular complexity index is 380. The van der Waals surface area contributed by atoms with E-state index in [1.807, 2.05) is 12.1 Å². The lowest BCUT2D eigenvalue weighted by atomic mass is 10.3. The highest BCUT2D eigenvalue weighted by atomic mass is 35.5. The molecule has 1 aromatic carbocycles. The fraction of sp³-hybridized carbons (Fsp3) is 0.364. The van der Waals surface area contributed by atoms with Gasteiger partial charge in [-0.3, -0.25) is 0 Å². The van der Waals surface area contributed by atoms with Gasteiger partial charge >= 0.3 is 6.03 Å². The Hall–Kier alpha value is -1.42. The van der Waals surface area contributed by atoms with Gasteiger partial charge in [0.05, 0.1) is 6.54 Å². The SMILES string of the molecule is NC(=O)N1CC[C@H](Oc2ccc(Cl)cc2)C1. The fourth-order valence-electron chi connectivity index (χ4n) is 1.73. The Balaban J connectivity index is 1.92. The zero-order chi connectivity index (χ0) is 11.5. The predicted molar refractivity (Wildman–Crippen MR) is 61.6 cm³/mol. The molecule has 0 bridgehead atoms. The number of hydrogen-bond acceptors (Lipinski definition) is 2. The van der Waals surface area contributed by atoms with E-state index in [2.05, 4.69) is 0 Å². The number of benzene rings is 1. The van der Waals surface area contributed by atoms with Crippen molar-refractivity contribution < 1.29 is 9.53 Å². The number of likely N-dealkylation sites (tertiary alicyclic amines) is 1. The Morgan fingerprint density at radius 3 is 2.69 bits per heavy atom. The number of ether oxygens (including phenoxy) is 1. The summed E-state index contributed by atoms with van der Waals surface area (Å²) in [5.74, 6) is 0.765. The minimum Gasteiger partial charge on any atom is -0.489 e. The molecule has 1 aliphatic heterocycles. The first-order chi connectivity index (χ1) is 7.65. The number of nitrogens with zero attached hydrogens (tertiary/aromatic N) is 1. The Kier molecular flexibility index (Phi) is 3.19. The molecule has 1 heterocycles. The maximum Gasteiger partial charge on any atom is 0.314 e. The van der Waals surface area contributed by atoms with Crippen LogP contribution in [0.5, 0.6) is 5.75 Å². The van der Waals surface area contributed by atoms with E-state index < -0.39 is 0 Å². The molecule has 0 radical (unpaired) electrons. The monoisotopic (exact) mass is 240 g/mol. The minimum absolute atomic E-state index is 0.0219. The molecule has 2 rings (SSSR count). The number of amides is 2. The molecule has 0 saturated carbocycles. The van der Waals surface area contributed by atoms with Crippen LogP contribution in [-0.4, -0.2) is 30.1 Å². The molecule has 0 aromatic heterocycles. The number of carbonyl (C=O) groups excluding carboxylic acids is 1. The zero-order valence-electron chi connectivity index (χ0n) is 8.73. The maximum absolute atomic E-state index is 10.9. The molecule has 1 atom stereocenters. The molecular weight excluding hydrogens is 228 g/mol. The van der Waals surface area contributed by atoms with Crippen LogP contribution >= 0.6 is 11.6 Å². The molecule has 1 fully saturated rings. The number of halogens is 1. The van der Waals surface area contributed by atoms with Crippen LogP contribution in [0.4, 0.5) is 4.79 Å². The summed E-state index contributed by atoms with van der Waals surface area (Å²) in [7, 11) is 0. The van der Waals surface area contributed by atoms with Crippen LogP contribution in [0.25, 0.3) is 0 Å². The van der Waals surface area contributed by atoms with E-state index in [0.29, 0.717) is 18.1 Å². The highest BCUT2D eigenvalue weighted by molar-refractivity contribution is 6.30. The van der Waals surface area contributed by atoms with Crippen molar-refractivity contribution in [1.29, 1.82) is 0 Å². The summed E-state index contributed by atoms with van der Waals surface area (Å²) in [6.07, 6.45) is 0.833. The number of primary amides is 1. The highest BCUT2D eigenvalue weighted by Crippen LogP contribution is 2.20. The number of nitrogens with two attached hydrogens (primary N) is 1. The molecule has 16 heavy (non-hydrogen) atoms. The summed E-state index contributed by atoms with van der Waals surface area (Å²) < 4.78 is 5.70. The van der Waals surface area contributed by atoms with Crippen molar-refractivity contribution in [2.24, 2.45) is 5.73 Å². The fourth-order valence-corrected chi connectivity index (χ4v) is 1.86. The third kappa shape index (κ3) is 2.58. The molecule has 1 aromatic rings. The van der Waals surface area contributed by atoms with Gasteiger partial charge in [0.1, 0.15) is 11.9 Å². The summed E-state index contributed by atoms with van der Waals surface area (Å²) in [5, 5.41) is 0.678. The van der Waals surface area contributed by atoms with Crippen LogP contribution in [0.1, 0.15) is 6.42 Å². The van der Waals surface area contributed by atoms with Crippen LogP contribution < -0.4 is 10.5 Å². The quantitative estimate of drug-likeness (QED) is 0.858. The van der Waals surface area contributed by atoms with Crippen LogP contribution in [0.15, 0.2) is 24.3 Å². The summed E-state index contributed by atoms with van der Waals surface area (Å²) in [6, 6.07) is 6.79. The normalized spacial score (nSPS) is 19.8. The number of urea groups is 1. The van der Waals surface area contributed by atoms with Gasteiger partial charge in [0.15, 0.2) is 0 Å². The van der Waals surface area contributed by atoms with Crippen molar-refractivity contribution >= 4 is 17.6 Å². The first-order valence-electron chi connectivity index (χ1n) is 5.12. The van der Waals surface area contributed by atoms with Gasteiger partial charge in [-0.15, -0.1) is 0 Å². The van der Waals surface area contributed by atoms with Gasteiger partial charge in [-0.05, 0) is 24.3 Å². The molecule has 2 amide bonds. The van der Waals surface area contributed by atoms with Crippen molar-refractivity contribution in [3.63, 3.8) is 0 Å². The third-order valence-corrected chi connectivity index (χ3v) is 2.83. The van der Waals surface area contributed by atoms with Crippen LogP contribution in [0.2, 0.25) is 5.02 Å². The van der Waals surface area contributed by atoms with Gasteiger partial charge in [-0.1, -0.05) is 11.6 Å². The topological polar surface area (TPSA) is 55.6 Å². The van der Waals surface area contributed by atoms with Crippen molar-refractivity contribution in [3.8, 4) is 5.75 Å². The van der Waals surface area contributed by atoms with Crippen LogP contribution in [0, 0.1) is 0 Å². The number of rotatable bonds is 2. The molecule has 1 saturated heterocycles. The molecule has 5 heteroatoms. The van der Waals surface area contributed by atoms with Gasteiger partial charge in [0.2, 0.25) is 0 Å². The van der Waals surface area contributed by atoms with E-state index in [1.54, 1.807) is 17.0 Å². The second-order valence-corrected chi connectivity index (χ2v) is 4.20. The molecule has 86 valence electrons. The lowest BCUT2D eigenvalue weighted by molar-refractivity contribution is 0.192. The predicted octanol–water partition coefficient (Wildman–Crippen LogP) is 1.87. The summed E-state index contributed by atoms with van der Waals surface area (Å²) in [6.45, 7) is 1.21. The van der Waals surface area contributed by atoms with Crippen molar-refractivity contribution in [2.45, 2.75) is 12.5 Å². The van der Waals surface area contributed by atoms with E-state index in [4.69, 9.17) is 22.1 Å². The maximum atomic E-state index is 10.9. The van der Waals surface area contributed by atoms with E-state index in [1.165, 1.54) is 0 Å². The summed E-state index contributed by atoms with van der Waals surface area (Å²) in [4.78, 5) is 12.5. The summed E-state index contributed by atoms with van der Waals surface area (Å²) in [5.41, 5.74) is 5.19. The molecule has 4 nitrogen and oxygen atoms in total. The zero-order valence-corrected chi connectivity index (χ0v) is 9.48. The van der Waals surface area contributed by atoms with Crippen molar-refractivity contribution in [3.05, 3.63) is 29.3 Å². The minimum atomic E-state index is -0.387. The average Bonchev–Trinajstić information content (AvgIpc) is 2.70. The lowest BCUT2D eigenvalue weighted by Gasteiger charge is -2.15. The standard InChI is InChI=1S/C11H13ClN2O2/c12-8-1-3-9(4-2-8)16-10-5-6-14(7-10)11(13)15/h1-4,10H,5-7H2,(H2,13,15)/t10-/m0/s1. The molecule has 2 N–H and O–H groups in total. The van der Waals surface area contributed by atoms with Gasteiger partial charge in [-0.2, -0.15) is 0 Å². The average molecular weight is 241 g/mol. The second-order valence-electron chi connectivity index (χ2n) is 3.77. The Labute approximate surface area is 98.9 Å². The van der Waals surface area contributed by atoms with Crippen LogP contribution in [-0.2, 0) is 0 Å². The van der Waals surface area contributed by atoms with Gasteiger partial charge in [0.25, 0.3) is 0 Å². The largest absolute Gasteiger partial charge is 0.489 e. The molecular formula is C11H13ClN2O2. The molecule has 0 aliphatic carbocycles. The van der Waals surface area contributed by atoms with Gasteiger partial charge in [-0.25, -0.2) is 4.79 Å². The molecule has 1 aliphatic rings. The molecule has 0 unspecified atom stereocenters. The van der Waals surface area contributed by atoms with Crippen LogP contribution in [0.3, 0.4) is 0 Å². The van der Waals surface area contributed by atoms with E-state index in [9.17, 15) is 4.79 Å². The van der Waals surface area contributed by atoms with Crippen molar-refractivity contribution in [2.75, 3.05) is 13.1 Å². The Morgan fingerprint density at radius 2 is 2.12 bits per heavy atom. The van der Waals surface area contributed by atoms with E-state index in [0.717, 1.165) is 12.2 Å². The summed E-state index contributed by atoms with van der Waals surface area (Å²) >= 11 is 5.77.